The first-order chi connectivity index (χ1) is 6.92. The van der Waals surface area contributed by atoms with Crippen LogP contribution in [-0.4, -0.2) is 19.5 Å². The van der Waals surface area contributed by atoms with Crippen molar-refractivity contribution in [3.8, 4) is 0 Å². The average Bonchev–Trinajstić information content (AvgIpc) is 2.45. The van der Waals surface area contributed by atoms with Crippen molar-refractivity contribution in [1.29, 1.82) is 0 Å². The number of hydrogen-bond acceptors (Lipinski definition) is 2. The van der Waals surface area contributed by atoms with E-state index in [1.165, 1.54) is 0 Å². The van der Waals surface area contributed by atoms with Gasteiger partial charge in [0.1, 0.15) is 0 Å². The topological polar surface area (TPSA) is 18.5 Å². The molecule has 15 heavy (non-hydrogen) atoms. The van der Waals surface area contributed by atoms with Crippen LogP contribution in [0.15, 0.2) is 24.8 Å². The zero-order valence-corrected chi connectivity index (χ0v) is 10.2. The molecule has 0 aromatic rings. The van der Waals surface area contributed by atoms with Gasteiger partial charge in [0.2, 0.25) is 0 Å². The number of hydrogen-bond donors (Lipinski definition) is 0. The zero-order valence-electron chi connectivity index (χ0n) is 10.2. The van der Waals surface area contributed by atoms with Gasteiger partial charge in [-0.2, -0.15) is 0 Å². The lowest BCUT2D eigenvalue weighted by molar-refractivity contribution is -0.206. The number of allylic oxidation sites excluding steroid dienone is 1. The van der Waals surface area contributed by atoms with Gasteiger partial charge in [0.25, 0.3) is 0 Å². The molecular weight excluding hydrogens is 188 g/mol. The van der Waals surface area contributed by atoms with Crippen LogP contribution in [0.1, 0.15) is 27.7 Å². The summed E-state index contributed by atoms with van der Waals surface area (Å²) in [7, 11) is 0. The van der Waals surface area contributed by atoms with Crippen molar-refractivity contribution in [1.82, 2.24) is 0 Å². The highest BCUT2D eigenvalue weighted by Crippen LogP contribution is 2.43. The Morgan fingerprint density at radius 1 is 1.13 bits per heavy atom. The average molecular weight is 210 g/mol. The first-order valence-corrected chi connectivity index (χ1v) is 5.43. The van der Waals surface area contributed by atoms with E-state index in [4.69, 9.17) is 9.47 Å². The summed E-state index contributed by atoms with van der Waals surface area (Å²) in [6.07, 6.45) is 5.78. The predicted molar refractivity (Wildman–Crippen MR) is 62.6 cm³/mol. The highest BCUT2D eigenvalue weighted by Gasteiger charge is 2.43. The lowest BCUT2D eigenvalue weighted by atomic mass is 9.67. The van der Waals surface area contributed by atoms with Gasteiger partial charge in [0, 0.05) is 5.41 Å². The summed E-state index contributed by atoms with van der Waals surface area (Å²) < 4.78 is 11.4. The molecule has 0 N–H and O–H groups in total. The van der Waals surface area contributed by atoms with Gasteiger partial charge in [0.15, 0.2) is 6.29 Å². The Bertz CT molecular complexity index is 241. The molecule has 1 heterocycles. The minimum absolute atomic E-state index is 0.0258. The van der Waals surface area contributed by atoms with Crippen LogP contribution >= 0.6 is 0 Å². The molecule has 1 rings (SSSR count). The molecule has 0 spiro atoms. The van der Waals surface area contributed by atoms with E-state index in [9.17, 15) is 0 Å². The van der Waals surface area contributed by atoms with Crippen molar-refractivity contribution in [3.05, 3.63) is 24.8 Å². The fourth-order valence-electron chi connectivity index (χ4n) is 1.45. The SMILES string of the molecule is C=CC(C)(C)C(C)(C)C1OCC=CCO1. The summed E-state index contributed by atoms with van der Waals surface area (Å²) in [6, 6.07) is 0. The molecule has 0 amide bonds. The van der Waals surface area contributed by atoms with Crippen LogP contribution in [0.2, 0.25) is 0 Å². The molecule has 1 aliphatic heterocycles. The van der Waals surface area contributed by atoms with E-state index < -0.39 is 0 Å². The molecule has 0 radical (unpaired) electrons. The van der Waals surface area contributed by atoms with Gasteiger partial charge in [-0.05, 0) is 5.41 Å². The molecule has 2 nitrogen and oxygen atoms in total. The Morgan fingerprint density at radius 2 is 1.60 bits per heavy atom. The third-order valence-corrected chi connectivity index (χ3v) is 3.61. The molecule has 0 saturated heterocycles. The largest absolute Gasteiger partial charge is 0.348 e. The fourth-order valence-corrected chi connectivity index (χ4v) is 1.45. The molecule has 0 atom stereocenters. The van der Waals surface area contributed by atoms with Crippen LogP contribution in [0.3, 0.4) is 0 Å². The van der Waals surface area contributed by atoms with Gasteiger partial charge < -0.3 is 9.47 Å². The normalized spacial score (nSPS) is 20.0. The van der Waals surface area contributed by atoms with Crippen LogP contribution in [0.5, 0.6) is 0 Å². The van der Waals surface area contributed by atoms with E-state index in [1.807, 2.05) is 18.2 Å². The summed E-state index contributed by atoms with van der Waals surface area (Å²) >= 11 is 0. The van der Waals surface area contributed by atoms with E-state index >= 15 is 0 Å². The second kappa shape index (κ2) is 4.50. The summed E-state index contributed by atoms with van der Waals surface area (Å²) in [6.45, 7) is 13.8. The molecule has 2 heteroatoms. The predicted octanol–water partition coefficient (Wildman–Crippen LogP) is 3.15. The molecule has 0 unspecified atom stereocenters. The van der Waals surface area contributed by atoms with E-state index in [1.54, 1.807) is 0 Å². The summed E-state index contributed by atoms with van der Waals surface area (Å²) in [5, 5.41) is 0. The molecule has 86 valence electrons. The van der Waals surface area contributed by atoms with Gasteiger partial charge in [0.05, 0.1) is 13.2 Å². The second-order valence-corrected chi connectivity index (χ2v) is 5.12. The van der Waals surface area contributed by atoms with E-state index in [2.05, 4.69) is 34.3 Å². The number of rotatable bonds is 3. The fraction of sp³-hybridized carbons (Fsp3) is 0.692. The van der Waals surface area contributed by atoms with Crippen molar-refractivity contribution >= 4 is 0 Å². The molecule has 1 aliphatic rings. The van der Waals surface area contributed by atoms with Gasteiger partial charge >= 0.3 is 0 Å². The van der Waals surface area contributed by atoms with Crippen LogP contribution in [0.4, 0.5) is 0 Å². The van der Waals surface area contributed by atoms with Crippen LogP contribution < -0.4 is 0 Å². The van der Waals surface area contributed by atoms with E-state index in [-0.39, 0.29) is 17.1 Å². The highest BCUT2D eigenvalue weighted by atomic mass is 16.7. The first kappa shape index (κ1) is 12.5. The molecule has 0 aromatic carbocycles. The van der Waals surface area contributed by atoms with Crippen molar-refractivity contribution in [2.75, 3.05) is 13.2 Å². The second-order valence-electron chi connectivity index (χ2n) is 5.12. The molecular formula is C13H22O2. The maximum atomic E-state index is 5.70. The zero-order chi connectivity index (χ0) is 11.5. The smallest absolute Gasteiger partial charge is 0.164 e. The quantitative estimate of drug-likeness (QED) is 0.666. The Balaban J connectivity index is 2.80. The lowest BCUT2D eigenvalue weighted by Gasteiger charge is -2.43. The van der Waals surface area contributed by atoms with Crippen molar-refractivity contribution in [3.63, 3.8) is 0 Å². The van der Waals surface area contributed by atoms with Gasteiger partial charge in [-0.25, -0.2) is 0 Å². The Morgan fingerprint density at radius 3 is 2.00 bits per heavy atom. The maximum absolute atomic E-state index is 5.70. The van der Waals surface area contributed by atoms with Crippen LogP contribution in [-0.2, 0) is 9.47 Å². The van der Waals surface area contributed by atoms with Crippen LogP contribution in [0, 0.1) is 10.8 Å². The van der Waals surface area contributed by atoms with Crippen molar-refractivity contribution in [2.24, 2.45) is 10.8 Å². The summed E-state index contributed by atoms with van der Waals surface area (Å²) in [5.41, 5.74) is -0.122. The number of ether oxygens (including phenoxy) is 2. The van der Waals surface area contributed by atoms with Gasteiger partial charge in [-0.1, -0.05) is 45.9 Å². The molecule has 0 bridgehead atoms. The standard InChI is InChI=1S/C13H22O2/c1-6-12(2,3)13(4,5)11-14-9-7-8-10-15-11/h6-8,11H,1,9-10H2,2-5H3. The third-order valence-electron chi connectivity index (χ3n) is 3.61. The summed E-state index contributed by atoms with van der Waals surface area (Å²) in [5.74, 6) is 0. The van der Waals surface area contributed by atoms with Gasteiger partial charge in [-0.15, -0.1) is 6.58 Å². The van der Waals surface area contributed by atoms with Crippen LogP contribution in [0.25, 0.3) is 0 Å². The first-order valence-electron chi connectivity index (χ1n) is 5.43. The van der Waals surface area contributed by atoms with Gasteiger partial charge in [-0.3, -0.25) is 0 Å². The Hall–Kier alpha value is -0.600. The Kier molecular flexibility index (Phi) is 3.74. The third kappa shape index (κ3) is 2.50. The highest BCUT2D eigenvalue weighted by molar-refractivity contribution is 5.00. The molecule has 0 aliphatic carbocycles. The Labute approximate surface area is 93.0 Å². The molecule has 0 fully saturated rings. The van der Waals surface area contributed by atoms with Crippen molar-refractivity contribution in [2.45, 2.75) is 34.0 Å². The van der Waals surface area contributed by atoms with Crippen molar-refractivity contribution < 1.29 is 9.47 Å². The van der Waals surface area contributed by atoms with E-state index in [0.29, 0.717) is 13.2 Å². The molecule has 0 saturated carbocycles. The minimum Gasteiger partial charge on any atom is -0.348 e. The van der Waals surface area contributed by atoms with E-state index in [0.717, 1.165) is 0 Å². The monoisotopic (exact) mass is 210 g/mol. The minimum atomic E-state index is -0.180. The lowest BCUT2D eigenvalue weighted by Crippen LogP contribution is -2.44. The molecule has 0 aromatic heterocycles. The maximum Gasteiger partial charge on any atom is 0.164 e. The summed E-state index contributed by atoms with van der Waals surface area (Å²) in [4.78, 5) is 0.